The van der Waals surface area contributed by atoms with Crippen LogP contribution >= 0.6 is 11.6 Å². The third-order valence-corrected chi connectivity index (χ3v) is 5.90. The average Bonchev–Trinajstić information content (AvgIpc) is 3.39. The summed E-state index contributed by atoms with van der Waals surface area (Å²) in [5.41, 5.74) is 3.35. The number of carbonyl (C=O) groups is 1. The Morgan fingerprint density at radius 1 is 1.27 bits per heavy atom. The Hall–Kier alpha value is -3.58. The fraction of sp³-hybridized carbons (Fsp3) is 0.240. The summed E-state index contributed by atoms with van der Waals surface area (Å²) in [5, 5.41) is 0.963. The molecule has 1 amide bonds. The van der Waals surface area contributed by atoms with E-state index >= 15 is 0 Å². The maximum Gasteiger partial charge on any atom is 0.258 e. The van der Waals surface area contributed by atoms with Gasteiger partial charge in [0.25, 0.3) is 5.56 Å². The summed E-state index contributed by atoms with van der Waals surface area (Å²) in [6, 6.07) is 10.8. The van der Waals surface area contributed by atoms with E-state index < -0.39 is 0 Å². The molecule has 170 valence electrons. The zero-order valence-corrected chi connectivity index (χ0v) is 19.5. The minimum atomic E-state index is -0.255. The van der Waals surface area contributed by atoms with Crippen molar-refractivity contribution in [3.8, 4) is 0 Å². The highest BCUT2D eigenvalue weighted by Gasteiger charge is 2.14. The van der Waals surface area contributed by atoms with Crippen LogP contribution in [0.25, 0.3) is 17.0 Å². The van der Waals surface area contributed by atoms with Gasteiger partial charge < -0.3 is 18.9 Å². The monoisotopic (exact) mass is 464 g/mol. The first kappa shape index (κ1) is 22.6. The molecule has 0 saturated heterocycles. The van der Waals surface area contributed by atoms with Gasteiger partial charge in [-0.25, -0.2) is 4.98 Å². The summed E-state index contributed by atoms with van der Waals surface area (Å²) in [5.74, 6) is 1.12. The zero-order valence-electron chi connectivity index (χ0n) is 18.8. The van der Waals surface area contributed by atoms with Gasteiger partial charge in [0.15, 0.2) is 0 Å². The molecule has 0 unspecified atom stereocenters. The topological polar surface area (TPSA) is 84.1 Å². The number of fused-ring (bicyclic) bond motifs is 1. The van der Waals surface area contributed by atoms with Crippen molar-refractivity contribution in [3.63, 3.8) is 0 Å². The number of furan rings is 1. The highest BCUT2D eigenvalue weighted by Crippen LogP contribution is 2.19. The lowest BCUT2D eigenvalue weighted by Crippen LogP contribution is -2.30. The normalized spacial score (nSPS) is 11.5. The van der Waals surface area contributed by atoms with E-state index in [-0.39, 0.29) is 18.0 Å². The molecule has 0 aliphatic carbocycles. The zero-order chi connectivity index (χ0) is 23.5. The third-order valence-electron chi connectivity index (χ3n) is 5.66. The Bertz CT molecular complexity index is 1380. The van der Waals surface area contributed by atoms with Gasteiger partial charge in [0.1, 0.15) is 11.6 Å². The van der Waals surface area contributed by atoms with Crippen LogP contribution in [0.5, 0.6) is 0 Å². The quantitative estimate of drug-likeness (QED) is 0.402. The summed E-state index contributed by atoms with van der Waals surface area (Å²) >= 11 is 6.04. The smallest absolute Gasteiger partial charge is 0.258 e. The number of hydrogen-bond donors (Lipinski definition) is 1. The number of H-pyrrole nitrogens is 1. The van der Waals surface area contributed by atoms with E-state index in [4.69, 9.17) is 16.0 Å². The van der Waals surface area contributed by atoms with Crippen molar-refractivity contribution >= 4 is 34.5 Å². The number of halogens is 1. The van der Waals surface area contributed by atoms with Crippen LogP contribution in [0.15, 0.2) is 57.9 Å². The molecule has 7 nitrogen and oxygen atoms in total. The van der Waals surface area contributed by atoms with Crippen LogP contribution in [0.1, 0.15) is 35.5 Å². The van der Waals surface area contributed by atoms with Crippen molar-refractivity contribution in [2.75, 3.05) is 6.54 Å². The van der Waals surface area contributed by atoms with Gasteiger partial charge in [0, 0.05) is 29.0 Å². The van der Waals surface area contributed by atoms with Gasteiger partial charge in [-0.15, -0.1) is 0 Å². The van der Waals surface area contributed by atoms with Crippen molar-refractivity contribution in [1.82, 2.24) is 19.4 Å². The van der Waals surface area contributed by atoms with Crippen molar-refractivity contribution in [2.45, 2.75) is 33.9 Å². The molecular weight excluding hydrogens is 440 g/mol. The van der Waals surface area contributed by atoms with Crippen LogP contribution in [-0.4, -0.2) is 31.9 Å². The fourth-order valence-electron chi connectivity index (χ4n) is 3.83. The molecule has 4 rings (SSSR count). The van der Waals surface area contributed by atoms with Gasteiger partial charge in [-0.2, -0.15) is 0 Å². The lowest BCUT2D eigenvalue weighted by atomic mass is 10.2. The molecule has 0 saturated carbocycles. The molecule has 33 heavy (non-hydrogen) atoms. The number of likely N-dealkylation sites (N-methyl/N-ethyl adjacent to an activating group) is 1. The Morgan fingerprint density at radius 2 is 2.09 bits per heavy atom. The fourth-order valence-corrected chi connectivity index (χ4v) is 3.99. The number of aromatic nitrogens is 3. The second-order valence-electron chi connectivity index (χ2n) is 7.85. The molecule has 0 atom stereocenters. The lowest BCUT2D eigenvalue weighted by molar-refractivity contribution is -0.126. The molecule has 1 aromatic carbocycles. The highest BCUT2D eigenvalue weighted by atomic mass is 35.5. The van der Waals surface area contributed by atoms with Crippen LogP contribution in [0.4, 0.5) is 0 Å². The van der Waals surface area contributed by atoms with Crippen LogP contribution < -0.4 is 5.56 Å². The molecule has 0 spiro atoms. The van der Waals surface area contributed by atoms with Crippen LogP contribution in [0.2, 0.25) is 5.02 Å². The standard InChI is InChI=1S/C25H25ClN4O3/c1-4-29(15-23-27-22-13-19(26)8-9-21(22)25(32)28-23)24(31)10-7-18-12-16(2)30(17(18)3)14-20-6-5-11-33-20/h5-13H,4,14-15H2,1-3H3,(H,27,28,32). The number of hydrogen-bond acceptors (Lipinski definition) is 4. The Kier molecular flexibility index (Phi) is 6.51. The van der Waals surface area contributed by atoms with Gasteiger partial charge in [0.05, 0.1) is 30.3 Å². The SMILES string of the molecule is CCN(Cc1nc2cc(Cl)ccc2c(=O)[nH]1)C(=O)C=Cc1cc(C)n(Cc2ccco2)c1C. The second-order valence-corrected chi connectivity index (χ2v) is 8.29. The molecular formula is C25H25ClN4O3. The molecule has 3 heterocycles. The average molecular weight is 465 g/mol. The highest BCUT2D eigenvalue weighted by molar-refractivity contribution is 6.31. The first-order valence-corrected chi connectivity index (χ1v) is 11.1. The molecule has 1 N–H and O–H groups in total. The van der Waals surface area contributed by atoms with Gasteiger partial charge in [-0.3, -0.25) is 9.59 Å². The lowest BCUT2D eigenvalue weighted by Gasteiger charge is -2.18. The minimum Gasteiger partial charge on any atom is -0.467 e. The third kappa shape index (κ3) is 4.93. The Morgan fingerprint density at radius 3 is 2.82 bits per heavy atom. The molecule has 3 aromatic heterocycles. The Labute approximate surface area is 196 Å². The van der Waals surface area contributed by atoms with Gasteiger partial charge in [0.2, 0.25) is 5.91 Å². The van der Waals surface area contributed by atoms with Crippen molar-refractivity contribution in [2.24, 2.45) is 0 Å². The molecule has 8 heteroatoms. The summed E-state index contributed by atoms with van der Waals surface area (Å²) in [6.45, 7) is 7.23. The van der Waals surface area contributed by atoms with E-state index in [1.54, 1.807) is 35.4 Å². The molecule has 0 aliphatic heterocycles. The second kappa shape index (κ2) is 9.50. The maximum absolute atomic E-state index is 12.9. The number of aryl methyl sites for hydroxylation is 1. The van der Waals surface area contributed by atoms with Crippen molar-refractivity contribution in [1.29, 1.82) is 0 Å². The van der Waals surface area contributed by atoms with E-state index in [0.717, 1.165) is 22.7 Å². The number of aromatic amines is 1. The van der Waals surface area contributed by atoms with E-state index in [2.05, 4.69) is 14.5 Å². The summed E-state index contributed by atoms with van der Waals surface area (Å²) in [7, 11) is 0. The number of nitrogens with zero attached hydrogens (tertiary/aromatic N) is 3. The summed E-state index contributed by atoms with van der Waals surface area (Å²) < 4.78 is 7.61. The molecule has 0 radical (unpaired) electrons. The molecule has 0 aliphatic rings. The van der Waals surface area contributed by atoms with E-state index in [0.29, 0.717) is 34.8 Å². The molecule has 0 bridgehead atoms. The number of benzene rings is 1. The minimum absolute atomic E-state index is 0.165. The van der Waals surface area contributed by atoms with Crippen LogP contribution in [0.3, 0.4) is 0 Å². The number of nitrogens with one attached hydrogen (secondary N) is 1. The van der Waals surface area contributed by atoms with E-state index in [1.807, 2.05) is 45.0 Å². The number of rotatable bonds is 7. The number of carbonyl (C=O) groups excluding carboxylic acids is 1. The maximum atomic E-state index is 12.9. The van der Waals surface area contributed by atoms with Crippen molar-refractivity contribution in [3.05, 3.63) is 92.6 Å². The van der Waals surface area contributed by atoms with E-state index in [1.165, 1.54) is 0 Å². The van der Waals surface area contributed by atoms with Crippen LogP contribution in [-0.2, 0) is 17.9 Å². The van der Waals surface area contributed by atoms with Crippen molar-refractivity contribution < 1.29 is 9.21 Å². The summed E-state index contributed by atoms with van der Waals surface area (Å²) in [4.78, 5) is 34.1. The van der Waals surface area contributed by atoms with Gasteiger partial charge >= 0.3 is 0 Å². The first-order valence-electron chi connectivity index (χ1n) is 10.7. The van der Waals surface area contributed by atoms with E-state index in [9.17, 15) is 9.59 Å². The first-order chi connectivity index (χ1) is 15.9. The van der Waals surface area contributed by atoms with Crippen LogP contribution in [0, 0.1) is 13.8 Å². The predicted molar refractivity (Wildman–Crippen MR) is 129 cm³/mol. The predicted octanol–water partition coefficient (Wildman–Crippen LogP) is 4.70. The van der Waals surface area contributed by atoms with Gasteiger partial charge in [-0.05, 0) is 68.8 Å². The molecule has 0 fully saturated rings. The molecule has 4 aromatic rings. The largest absolute Gasteiger partial charge is 0.467 e. The summed E-state index contributed by atoms with van der Waals surface area (Å²) in [6.07, 6.45) is 5.04. The Balaban J connectivity index is 1.52. The number of amides is 1. The van der Waals surface area contributed by atoms with Gasteiger partial charge in [-0.1, -0.05) is 11.6 Å².